The summed E-state index contributed by atoms with van der Waals surface area (Å²) in [5.74, 6) is 0. The van der Waals surface area contributed by atoms with Crippen molar-refractivity contribution in [2.75, 3.05) is 7.11 Å². The molecule has 1 fully saturated rings. The predicted molar refractivity (Wildman–Crippen MR) is 29.3 cm³/mol. The van der Waals surface area contributed by atoms with Crippen molar-refractivity contribution < 1.29 is 13.5 Å². The molecule has 0 aromatic heterocycles. The van der Waals surface area contributed by atoms with E-state index in [1.165, 1.54) is 7.11 Å². The summed E-state index contributed by atoms with van der Waals surface area (Å²) in [7, 11) is 1.45. The Morgan fingerprint density at radius 1 is 1.56 bits per heavy atom. The summed E-state index contributed by atoms with van der Waals surface area (Å²) in [5, 5.41) is 0. The van der Waals surface area contributed by atoms with E-state index in [9.17, 15) is 8.78 Å². The van der Waals surface area contributed by atoms with E-state index >= 15 is 0 Å². The number of hydrogen-bond acceptors (Lipinski definition) is 1. The van der Waals surface area contributed by atoms with Gasteiger partial charge >= 0.3 is 0 Å². The van der Waals surface area contributed by atoms with Crippen LogP contribution >= 0.6 is 0 Å². The van der Waals surface area contributed by atoms with Crippen LogP contribution in [0.1, 0.15) is 12.8 Å². The largest absolute Gasteiger partial charge is 0.374 e. The van der Waals surface area contributed by atoms with Gasteiger partial charge in [-0.2, -0.15) is 8.78 Å². The van der Waals surface area contributed by atoms with Gasteiger partial charge < -0.3 is 4.74 Å². The average molecular weight is 134 g/mol. The lowest BCUT2D eigenvalue weighted by atomic mass is 10.3. The monoisotopic (exact) mass is 134 g/mol. The molecular weight excluding hydrogens is 126 g/mol. The summed E-state index contributed by atoms with van der Waals surface area (Å²) in [5.41, 5.74) is -0.598. The molecule has 0 unspecified atom stereocenters. The lowest BCUT2D eigenvalue weighted by molar-refractivity contribution is 0.117. The topological polar surface area (TPSA) is 9.23 Å². The van der Waals surface area contributed by atoms with E-state index in [0.29, 0.717) is 0 Å². The zero-order valence-corrected chi connectivity index (χ0v) is 5.16. The van der Waals surface area contributed by atoms with Gasteiger partial charge in [-0.15, -0.1) is 0 Å². The second kappa shape index (κ2) is 2.06. The molecule has 0 aromatic rings. The third kappa shape index (κ3) is 1.48. The fraction of sp³-hybridized carbons (Fsp3) is 0.667. The van der Waals surface area contributed by atoms with Crippen molar-refractivity contribution in [1.82, 2.24) is 0 Å². The highest BCUT2D eigenvalue weighted by molar-refractivity contribution is 5.12. The summed E-state index contributed by atoms with van der Waals surface area (Å²) < 4.78 is 27.9. The molecule has 0 amide bonds. The number of methoxy groups -OCH3 is 1. The van der Waals surface area contributed by atoms with Crippen molar-refractivity contribution >= 4 is 0 Å². The first kappa shape index (κ1) is 6.68. The van der Waals surface area contributed by atoms with Crippen LogP contribution in [0.4, 0.5) is 8.78 Å². The van der Waals surface area contributed by atoms with Gasteiger partial charge in [0.1, 0.15) is 0 Å². The minimum absolute atomic E-state index is 0.598. The standard InChI is InChI=1S/C6H8F2O/c1-9-6(2-3-6)4-5(7)8/h4H,2-3H2,1H3. The highest BCUT2D eigenvalue weighted by Crippen LogP contribution is 2.41. The van der Waals surface area contributed by atoms with Gasteiger partial charge in [0.05, 0.1) is 5.60 Å². The van der Waals surface area contributed by atoms with E-state index < -0.39 is 11.7 Å². The fourth-order valence-corrected chi connectivity index (χ4v) is 0.729. The number of rotatable bonds is 2. The SMILES string of the molecule is COC1(C=C(F)F)CC1. The molecular formula is C6H8F2O. The lowest BCUT2D eigenvalue weighted by Crippen LogP contribution is -2.06. The van der Waals surface area contributed by atoms with Gasteiger partial charge in [-0.25, -0.2) is 0 Å². The summed E-state index contributed by atoms with van der Waals surface area (Å²) in [6, 6.07) is 0. The molecule has 0 N–H and O–H groups in total. The molecule has 0 aromatic carbocycles. The maximum Gasteiger partial charge on any atom is 0.269 e. The molecule has 1 saturated carbocycles. The van der Waals surface area contributed by atoms with Gasteiger partial charge in [-0.05, 0) is 12.8 Å². The molecule has 0 aliphatic heterocycles. The summed E-state index contributed by atoms with van der Waals surface area (Å²) in [6.45, 7) is 0. The highest BCUT2D eigenvalue weighted by Gasteiger charge is 2.41. The normalized spacial score (nSPS) is 21.2. The van der Waals surface area contributed by atoms with Gasteiger partial charge in [0.15, 0.2) is 0 Å². The number of halogens is 2. The molecule has 1 nitrogen and oxygen atoms in total. The molecule has 0 spiro atoms. The second-order valence-electron chi connectivity index (χ2n) is 2.20. The molecule has 0 atom stereocenters. The first-order valence-corrected chi connectivity index (χ1v) is 2.77. The van der Waals surface area contributed by atoms with Crippen molar-refractivity contribution in [1.29, 1.82) is 0 Å². The van der Waals surface area contributed by atoms with Crippen LogP contribution in [0.3, 0.4) is 0 Å². The molecule has 3 heteroatoms. The predicted octanol–water partition coefficient (Wildman–Crippen LogP) is 1.95. The Hall–Kier alpha value is -0.440. The quantitative estimate of drug-likeness (QED) is 0.560. The fourth-order valence-electron chi connectivity index (χ4n) is 0.729. The number of ether oxygens (including phenoxy) is 1. The smallest absolute Gasteiger partial charge is 0.269 e. The lowest BCUT2D eigenvalue weighted by Gasteiger charge is -2.03. The molecule has 0 radical (unpaired) electrons. The van der Waals surface area contributed by atoms with E-state index in [4.69, 9.17) is 4.74 Å². The Labute approximate surface area is 52.3 Å². The van der Waals surface area contributed by atoms with Crippen LogP contribution in [0.2, 0.25) is 0 Å². The molecule has 1 aliphatic rings. The van der Waals surface area contributed by atoms with E-state index in [2.05, 4.69) is 0 Å². The Balaban J connectivity index is 2.51. The summed E-state index contributed by atoms with van der Waals surface area (Å²) in [4.78, 5) is 0. The summed E-state index contributed by atoms with van der Waals surface area (Å²) in [6.07, 6.45) is 0.684. The summed E-state index contributed by atoms with van der Waals surface area (Å²) >= 11 is 0. The first-order chi connectivity index (χ1) is 4.18. The van der Waals surface area contributed by atoms with Crippen LogP contribution in [0.5, 0.6) is 0 Å². The third-order valence-electron chi connectivity index (χ3n) is 1.52. The Bertz CT molecular complexity index is 134. The van der Waals surface area contributed by atoms with Crippen LogP contribution in [-0.4, -0.2) is 12.7 Å². The van der Waals surface area contributed by atoms with Crippen LogP contribution in [0, 0.1) is 0 Å². The van der Waals surface area contributed by atoms with Crippen molar-refractivity contribution in [2.45, 2.75) is 18.4 Å². The third-order valence-corrected chi connectivity index (χ3v) is 1.52. The molecule has 0 heterocycles. The van der Waals surface area contributed by atoms with Gasteiger partial charge in [0.2, 0.25) is 0 Å². The Kier molecular flexibility index (Phi) is 1.53. The van der Waals surface area contributed by atoms with Gasteiger partial charge in [0, 0.05) is 13.2 Å². The Morgan fingerprint density at radius 2 is 2.11 bits per heavy atom. The Morgan fingerprint density at radius 3 is 2.22 bits per heavy atom. The maximum absolute atomic E-state index is 11.5. The molecule has 1 aliphatic carbocycles. The second-order valence-corrected chi connectivity index (χ2v) is 2.20. The van der Waals surface area contributed by atoms with Crippen molar-refractivity contribution in [3.05, 3.63) is 12.2 Å². The molecule has 52 valence electrons. The first-order valence-electron chi connectivity index (χ1n) is 2.77. The zero-order chi connectivity index (χ0) is 6.91. The van der Waals surface area contributed by atoms with Crippen LogP contribution in [0.25, 0.3) is 0 Å². The van der Waals surface area contributed by atoms with E-state index in [-0.39, 0.29) is 0 Å². The zero-order valence-electron chi connectivity index (χ0n) is 5.16. The molecule has 0 bridgehead atoms. The average Bonchev–Trinajstić information content (AvgIpc) is 2.48. The van der Waals surface area contributed by atoms with Crippen molar-refractivity contribution in [2.24, 2.45) is 0 Å². The van der Waals surface area contributed by atoms with Crippen molar-refractivity contribution in [3.8, 4) is 0 Å². The minimum atomic E-state index is -1.64. The van der Waals surface area contributed by atoms with Crippen LogP contribution < -0.4 is 0 Å². The van der Waals surface area contributed by atoms with E-state index in [0.717, 1.165) is 18.9 Å². The maximum atomic E-state index is 11.5. The van der Waals surface area contributed by atoms with Gasteiger partial charge in [-0.3, -0.25) is 0 Å². The number of hydrogen-bond donors (Lipinski definition) is 0. The molecule has 9 heavy (non-hydrogen) atoms. The van der Waals surface area contributed by atoms with Crippen LogP contribution in [0.15, 0.2) is 12.2 Å². The van der Waals surface area contributed by atoms with E-state index in [1.807, 2.05) is 0 Å². The molecule has 1 rings (SSSR count). The highest BCUT2D eigenvalue weighted by atomic mass is 19.3. The molecule has 0 saturated heterocycles. The van der Waals surface area contributed by atoms with Gasteiger partial charge in [0.25, 0.3) is 6.08 Å². The minimum Gasteiger partial charge on any atom is -0.374 e. The van der Waals surface area contributed by atoms with Crippen LogP contribution in [-0.2, 0) is 4.74 Å². The van der Waals surface area contributed by atoms with Gasteiger partial charge in [-0.1, -0.05) is 0 Å². The van der Waals surface area contributed by atoms with E-state index in [1.54, 1.807) is 0 Å². The van der Waals surface area contributed by atoms with Crippen molar-refractivity contribution in [3.63, 3.8) is 0 Å².